The number of hydrogen-bond donors (Lipinski definition) is 0. The maximum Gasteiger partial charge on any atom is 0.360 e. The van der Waals surface area contributed by atoms with Gasteiger partial charge in [-0.05, 0) is 26.7 Å². The predicted molar refractivity (Wildman–Crippen MR) is 63.0 cm³/mol. The van der Waals surface area contributed by atoms with Gasteiger partial charge in [-0.1, -0.05) is 18.1 Å². The zero-order chi connectivity index (χ0) is 12.4. The van der Waals surface area contributed by atoms with Gasteiger partial charge in [0.15, 0.2) is 5.69 Å². The summed E-state index contributed by atoms with van der Waals surface area (Å²) in [6.07, 6.45) is 4.66. The Bertz CT molecular complexity index is 406. The van der Waals surface area contributed by atoms with Crippen molar-refractivity contribution in [1.82, 2.24) is 15.0 Å². The first-order valence-electron chi connectivity index (χ1n) is 6.18. The Morgan fingerprint density at radius 2 is 2.06 bits per heavy atom. The van der Waals surface area contributed by atoms with Gasteiger partial charge < -0.3 is 4.74 Å². The van der Waals surface area contributed by atoms with Crippen LogP contribution >= 0.6 is 0 Å². The molecule has 1 heterocycles. The number of rotatable bonds is 3. The molecule has 1 aliphatic rings. The van der Waals surface area contributed by atoms with Crippen LogP contribution < -0.4 is 0 Å². The summed E-state index contributed by atoms with van der Waals surface area (Å²) in [5.41, 5.74) is 1.36. The average Bonchev–Trinajstić information content (AvgIpc) is 2.95. The normalized spacial score (nSPS) is 16.7. The van der Waals surface area contributed by atoms with Crippen LogP contribution in [0.15, 0.2) is 0 Å². The lowest BCUT2D eigenvalue weighted by Gasteiger charge is -2.15. The molecule has 94 valence electrons. The van der Waals surface area contributed by atoms with Crippen molar-refractivity contribution in [2.45, 2.75) is 51.5 Å². The highest BCUT2D eigenvalue weighted by Gasteiger charge is 2.29. The van der Waals surface area contributed by atoms with Crippen LogP contribution in [0.4, 0.5) is 0 Å². The second kappa shape index (κ2) is 4.85. The van der Waals surface area contributed by atoms with Gasteiger partial charge in [-0.2, -0.15) is 0 Å². The quantitative estimate of drug-likeness (QED) is 0.757. The molecule has 1 saturated carbocycles. The van der Waals surface area contributed by atoms with Crippen LogP contribution in [0.3, 0.4) is 0 Å². The fourth-order valence-corrected chi connectivity index (χ4v) is 2.50. The second-order valence-electron chi connectivity index (χ2n) is 4.83. The topological polar surface area (TPSA) is 57.0 Å². The number of hydrogen-bond acceptors (Lipinski definition) is 4. The summed E-state index contributed by atoms with van der Waals surface area (Å²) in [7, 11) is 1.38. The zero-order valence-electron chi connectivity index (χ0n) is 10.6. The Morgan fingerprint density at radius 1 is 1.41 bits per heavy atom. The molecule has 0 amide bonds. The van der Waals surface area contributed by atoms with E-state index in [0.717, 1.165) is 18.5 Å². The molecule has 0 N–H and O–H groups in total. The van der Waals surface area contributed by atoms with Crippen molar-refractivity contribution in [3.63, 3.8) is 0 Å². The minimum atomic E-state index is -0.376. The molecule has 5 heteroatoms. The lowest BCUT2D eigenvalue weighted by Crippen LogP contribution is -2.14. The molecule has 17 heavy (non-hydrogen) atoms. The smallest absolute Gasteiger partial charge is 0.360 e. The molecule has 0 aromatic carbocycles. The molecule has 0 unspecified atom stereocenters. The summed E-state index contributed by atoms with van der Waals surface area (Å²) in [6, 6.07) is 0.219. The maximum atomic E-state index is 11.7. The number of ether oxygens (including phenoxy) is 1. The van der Waals surface area contributed by atoms with E-state index in [1.807, 2.05) is 18.5 Å². The summed E-state index contributed by atoms with van der Waals surface area (Å²) in [4.78, 5) is 11.7. The Kier molecular flexibility index (Phi) is 3.45. The molecular weight excluding hydrogens is 218 g/mol. The van der Waals surface area contributed by atoms with Crippen LogP contribution in [0.25, 0.3) is 0 Å². The molecule has 1 aromatic heterocycles. The van der Waals surface area contributed by atoms with Crippen molar-refractivity contribution in [2.24, 2.45) is 0 Å². The Labute approximate surface area is 101 Å². The van der Waals surface area contributed by atoms with Gasteiger partial charge in [-0.15, -0.1) is 5.10 Å². The molecule has 5 nitrogen and oxygen atoms in total. The van der Waals surface area contributed by atoms with Crippen molar-refractivity contribution in [2.75, 3.05) is 7.11 Å². The summed E-state index contributed by atoms with van der Waals surface area (Å²) in [6.45, 7) is 4.10. The first-order valence-corrected chi connectivity index (χ1v) is 6.18. The number of carbonyl (C=O) groups is 1. The third kappa shape index (κ3) is 2.18. The molecule has 0 atom stereocenters. The van der Waals surface area contributed by atoms with Gasteiger partial charge in [0.2, 0.25) is 0 Å². The molecular formula is C12H19N3O2. The molecule has 0 radical (unpaired) electrons. The van der Waals surface area contributed by atoms with Crippen molar-refractivity contribution in [3.8, 4) is 0 Å². The first-order chi connectivity index (χ1) is 8.15. The Balaban J connectivity index is 2.42. The van der Waals surface area contributed by atoms with E-state index in [4.69, 9.17) is 4.74 Å². The SMILES string of the molecule is COC(=O)c1nnn(C(C)C)c1C1CCCC1. The second-order valence-corrected chi connectivity index (χ2v) is 4.83. The van der Waals surface area contributed by atoms with E-state index >= 15 is 0 Å². The van der Waals surface area contributed by atoms with E-state index in [1.165, 1.54) is 20.0 Å². The third-order valence-corrected chi connectivity index (χ3v) is 3.34. The van der Waals surface area contributed by atoms with Crippen LogP contribution in [0, 0.1) is 0 Å². The molecule has 0 spiro atoms. The van der Waals surface area contributed by atoms with Gasteiger partial charge in [0.05, 0.1) is 12.8 Å². The fraction of sp³-hybridized carbons (Fsp3) is 0.750. The van der Waals surface area contributed by atoms with Crippen molar-refractivity contribution < 1.29 is 9.53 Å². The monoisotopic (exact) mass is 237 g/mol. The summed E-state index contributed by atoms with van der Waals surface area (Å²) >= 11 is 0. The van der Waals surface area contributed by atoms with Crippen molar-refractivity contribution in [1.29, 1.82) is 0 Å². The first kappa shape index (κ1) is 12.1. The number of carbonyl (C=O) groups excluding carboxylic acids is 1. The van der Waals surface area contributed by atoms with Crippen LogP contribution in [0.2, 0.25) is 0 Å². The third-order valence-electron chi connectivity index (χ3n) is 3.34. The van der Waals surface area contributed by atoms with Gasteiger partial charge >= 0.3 is 5.97 Å². The fourth-order valence-electron chi connectivity index (χ4n) is 2.50. The predicted octanol–water partition coefficient (Wildman–Crippen LogP) is 2.30. The molecule has 2 rings (SSSR count). The lowest BCUT2D eigenvalue weighted by atomic mass is 10.0. The Hall–Kier alpha value is -1.39. The lowest BCUT2D eigenvalue weighted by molar-refractivity contribution is 0.0592. The molecule has 0 saturated heterocycles. The van der Waals surface area contributed by atoms with Crippen LogP contribution in [0.5, 0.6) is 0 Å². The number of esters is 1. The van der Waals surface area contributed by atoms with E-state index in [1.54, 1.807) is 0 Å². The van der Waals surface area contributed by atoms with Gasteiger partial charge in [0.25, 0.3) is 0 Å². The Morgan fingerprint density at radius 3 is 2.59 bits per heavy atom. The van der Waals surface area contributed by atoms with E-state index in [9.17, 15) is 4.79 Å². The minimum absolute atomic E-state index is 0.219. The van der Waals surface area contributed by atoms with E-state index in [-0.39, 0.29) is 12.0 Å². The summed E-state index contributed by atoms with van der Waals surface area (Å²) in [5.74, 6) is 0.0281. The molecule has 1 aliphatic carbocycles. The highest BCUT2D eigenvalue weighted by atomic mass is 16.5. The number of nitrogens with zero attached hydrogens (tertiary/aromatic N) is 3. The van der Waals surface area contributed by atoms with Crippen LogP contribution in [-0.2, 0) is 4.74 Å². The highest BCUT2D eigenvalue weighted by Crippen LogP contribution is 2.36. The minimum Gasteiger partial charge on any atom is -0.464 e. The highest BCUT2D eigenvalue weighted by molar-refractivity contribution is 5.88. The van der Waals surface area contributed by atoms with Crippen LogP contribution in [-0.4, -0.2) is 28.1 Å². The zero-order valence-corrected chi connectivity index (χ0v) is 10.6. The summed E-state index contributed by atoms with van der Waals surface area (Å²) < 4.78 is 6.64. The molecule has 0 aliphatic heterocycles. The van der Waals surface area contributed by atoms with E-state index < -0.39 is 0 Å². The summed E-state index contributed by atoms with van der Waals surface area (Å²) in [5, 5.41) is 8.09. The average molecular weight is 237 g/mol. The van der Waals surface area contributed by atoms with Crippen molar-refractivity contribution >= 4 is 5.97 Å². The number of aromatic nitrogens is 3. The molecule has 1 fully saturated rings. The van der Waals surface area contributed by atoms with Gasteiger partial charge in [-0.3, -0.25) is 0 Å². The van der Waals surface area contributed by atoms with Crippen LogP contribution in [0.1, 0.15) is 67.7 Å². The van der Waals surface area contributed by atoms with Crippen molar-refractivity contribution in [3.05, 3.63) is 11.4 Å². The van der Waals surface area contributed by atoms with E-state index in [0.29, 0.717) is 11.6 Å². The van der Waals surface area contributed by atoms with E-state index in [2.05, 4.69) is 10.3 Å². The van der Waals surface area contributed by atoms with Gasteiger partial charge in [-0.25, -0.2) is 9.48 Å². The standard InChI is InChI=1S/C12H19N3O2/c1-8(2)15-11(9-6-4-5-7-9)10(13-14-15)12(16)17-3/h8-9H,4-7H2,1-3H3. The van der Waals surface area contributed by atoms with Gasteiger partial charge in [0, 0.05) is 12.0 Å². The largest absolute Gasteiger partial charge is 0.464 e. The molecule has 1 aromatic rings. The molecule has 0 bridgehead atoms. The number of methoxy groups -OCH3 is 1. The van der Waals surface area contributed by atoms with Gasteiger partial charge in [0.1, 0.15) is 0 Å². The maximum absolute atomic E-state index is 11.7.